The van der Waals surface area contributed by atoms with Crippen LogP contribution in [0.5, 0.6) is 0 Å². The van der Waals surface area contributed by atoms with Crippen molar-refractivity contribution >= 4 is 32.1 Å². The van der Waals surface area contributed by atoms with Crippen molar-refractivity contribution in [3.8, 4) is 0 Å². The number of hydrogen-bond acceptors (Lipinski definition) is 0. The molecule has 1 nitrogen and oxygen atoms in total. The summed E-state index contributed by atoms with van der Waals surface area (Å²) in [6.07, 6.45) is 0. The van der Waals surface area contributed by atoms with Crippen LogP contribution in [0.1, 0.15) is 20.8 Å². The first kappa shape index (κ1) is 29.4. The first-order valence-corrected chi connectivity index (χ1v) is 6.89. The monoisotopic (exact) mass is 369 g/mol. The molecular weight excluding hydrogens is 351 g/mol. The number of halogens is 3. The summed E-state index contributed by atoms with van der Waals surface area (Å²) >= 11 is 0. The van der Waals surface area contributed by atoms with Crippen molar-refractivity contribution in [2.45, 2.75) is 46.0 Å². The van der Waals surface area contributed by atoms with Crippen LogP contribution in [0.2, 0.25) is 19.6 Å². The predicted molar refractivity (Wildman–Crippen MR) is 52.2 cm³/mol. The molecule has 0 aromatic heterocycles. The average molecular weight is 369 g/mol. The van der Waals surface area contributed by atoms with Gasteiger partial charge >= 0.3 is 23.9 Å². The van der Waals surface area contributed by atoms with Crippen molar-refractivity contribution in [1.29, 1.82) is 0 Å². The summed E-state index contributed by atoms with van der Waals surface area (Å²) in [6.45, 7) is 13.3. The number of hydrogen-bond donors (Lipinski definition) is 0. The van der Waals surface area contributed by atoms with Gasteiger partial charge in [-0.2, -0.15) is 0 Å². The van der Waals surface area contributed by atoms with E-state index >= 15 is 0 Å². The second kappa shape index (κ2) is 10.4. The van der Waals surface area contributed by atoms with E-state index in [1.165, 1.54) is 0 Å². The smallest absolute Gasteiger partial charge is 1.00 e. The molecule has 0 radical (unpaired) electrons. The molecule has 0 N–H and O–H groups in total. The van der Waals surface area contributed by atoms with Crippen LogP contribution < -0.4 is 37.2 Å². The van der Waals surface area contributed by atoms with Gasteiger partial charge < -0.3 is 42.2 Å². The van der Waals surface area contributed by atoms with Gasteiger partial charge in [-0.1, -0.05) is 48.6 Å². The average Bonchev–Trinajstić information content (AvgIpc) is 1.14. The van der Waals surface area contributed by atoms with Crippen molar-refractivity contribution in [2.24, 2.45) is 0 Å². The molecule has 0 aliphatic heterocycles. The van der Waals surface area contributed by atoms with Crippen molar-refractivity contribution in [1.82, 2.24) is 0 Å². The minimum Gasteiger partial charge on any atom is -1.00 e. The predicted octanol–water partition coefficient (Wildman–Crippen LogP) is -6.38. The summed E-state index contributed by atoms with van der Waals surface area (Å²) < 4.78 is 0. The van der Waals surface area contributed by atoms with Gasteiger partial charge in [0.05, 0.1) is 0 Å². The maximum absolute atomic E-state index is 4.68. The van der Waals surface area contributed by atoms with Crippen LogP contribution in [0.15, 0.2) is 0 Å². The molecule has 0 saturated carbocycles. The number of nitrogens with zero attached hydrogens (tertiary/aromatic N) is 1. The molecule has 0 unspecified atom stereocenters. The van der Waals surface area contributed by atoms with Crippen molar-refractivity contribution in [2.75, 3.05) is 0 Å². The molecule has 0 aromatic carbocycles. The van der Waals surface area contributed by atoms with Gasteiger partial charge in [0.15, 0.2) is 0 Å². The molecule has 0 fully saturated rings. The van der Waals surface area contributed by atoms with Crippen LogP contribution in [0.4, 0.5) is 0 Å². The van der Waals surface area contributed by atoms with Gasteiger partial charge in [0, 0.05) is 0 Å². The van der Waals surface area contributed by atoms with Gasteiger partial charge in [0.1, 0.15) is 0 Å². The fourth-order valence-electron chi connectivity index (χ4n) is 1.01. The normalized spacial score (nSPS) is 9.69. The largest absolute Gasteiger partial charge is 4.00 e. The summed E-state index contributed by atoms with van der Waals surface area (Å²) in [5.41, 5.74) is 0.171. The Morgan fingerprint density at radius 3 is 1.08 bits per heavy atom. The summed E-state index contributed by atoms with van der Waals surface area (Å²) in [5.74, 6) is 0. The first-order valence-electron chi connectivity index (χ1n) is 3.45. The van der Waals surface area contributed by atoms with E-state index < -0.39 is 8.24 Å². The third-order valence-electron chi connectivity index (χ3n) is 0.671. The zero-order chi connectivity index (χ0) is 7.71. The van der Waals surface area contributed by atoms with E-state index in [-0.39, 0.29) is 66.7 Å². The fourth-order valence-corrected chi connectivity index (χ4v) is 3.02. The Labute approximate surface area is 119 Å². The molecule has 0 heterocycles. The van der Waals surface area contributed by atoms with Gasteiger partial charge in [0.25, 0.3) is 0 Å². The van der Waals surface area contributed by atoms with E-state index in [1.807, 2.05) is 0 Å². The summed E-state index contributed by atoms with van der Waals surface area (Å²) in [4.78, 5) is 4.68. The van der Waals surface area contributed by atoms with Gasteiger partial charge in [-0.15, -0.1) is 5.54 Å². The van der Waals surface area contributed by atoms with Crippen LogP contribution >= 0.6 is 0 Å². The van der Waals surface area contributed by atoms with Crippen LogP contribution in [-0.2, 0) is 0 Å². The van der Waals surface area contributed by atoms with Crippen LogP contribution in [-0.4, -0.2) is 37.7 Å². The molecule has 0 aliphatic carbocycles. The Kier molecular flexibility index (Phi) is 23.4. The number of rotatable bonds is 1. The molecule has 0 rings (SSSR count). The maximum Gasteiger partial charge on any atom is 4.00 e. The zero-order valence-corrected chi connectivity index (χ0v) is 15.2. The fraction of sp³-hybridized carbons (Fsp3) is 1.00. The molecule has 0 atom stereocenters. The Balaban J connectivity index is -0.0000000533. The van der Waals surface area contributed by atoms with Crippen LogP contribution in [0.3, 0.4) is 0 Å². The van der Waals surface area contributed by atoms with E-state index in [1.54, 1.807) is 0 Å². The Morgan fingerprint density at radius 1 is 0.846 bits per heavy atom. The van der Waals surface area contributed by atoms with Crippen LogP contribution in [0, 0.1) is 0 Å². The van der Waals surface area contributed by atoms with Crippen molar-refractivity contribution < 1.29 is 37.2 Å². The van der Waals surface area contributed by atoms with Gasteiger partial charge in [-0.05, 0) is 0 Å². The van der Waals surface area contributed by atoms with E-state index in [4.69, 9.17) is 0 Å². The third-order valence-corrected chi connectivity index (χ3v) is 2.01. The van der Waals surface area contributed by atoms with Crippen LogP contribution in [0.25, 0.3) is 4.98 Å². The zero-order valence-electron chi connectivity index (χ0n) is 9.08. The SMILES string of the molecule is CC(C)(C)[N-][Si](C)(C)C.[Cl-].[Cl-].[Cl-].[Sn+4]. The summed E-state index contributed by atoms with van der Waals surface area (Å²) in [5, 5.41) is 0. The summed E-state index contributed by atoms with van der Waals surface area (Å²) in [7, 11) is -1.17. The molecular formula is C7H18Cl3NSiSn. The van der Waals surface area contributed by atoms with E-state index in [0.29, 0.717) is 0 Å². The third kappa shape index (κ3) is 31.6. The Bertz CT molecular complexity index is 88.9. The minimum absolute atomic E-state index is 0. The molecule has 0 spiro atoms. The second-order valence-corrected chi connectivity index (χ2v) is 9.02. The maximum atomic E-state index is 4.68. The van der Waals surface area contributed by atoms with E-state index in [0.717, 1.165) is 0 Å². The standard InChI is InChI=1S/C7H18NSi.3ClH.Sn/c1-7(2,3)8-9(4,5)6;;;;/h1-6H3;3*1H;/q-1;;;;+4/p-3. The second-order valence-electron chi connectivity index (χ2n) is 4.45. The molecule has 80 valence electrons. The van der Waals surface area contributed by atoms with Gasteiger partial charge in [-0.3, -0.25) is 0 Å². The molecule has 6 heteroatoms. The quantitative estimate of drug-likeness (QED) is 0.409. The Hall–Kier alpha value is 1.85. The molecule has 0 aliphatic rings. The molecule has 0 bridgehead atoms. The molecule has 0 aromatic rings. The summed E-state index contributed by atoms with van der Waals surface area (Å²) in [6, 6.07) is 0. The van der Waals surface area contributed by atoms with Crippen molar-refractivity contribution in [3.63, 3.8) is 0 Å². The van der Waals surface area contributed by atoms with Crippen molar-refractivity contribution in [3.05, 3.63) is 4.98 Å². The topological polar surface area (TPSA) is 14.1 Å². The van der Waals surface area contributed by atoms with E-state index in [9.17, 15) is 0 Å². The van der Waals surface area contributed by atoms with Gasteiger partial charge in [-0.25, -0.2) is 0 Å². The molecule has 0 amide bonds. The molecule has 0 saturated heterocycles. The minimum atomic E-state index is -1.17. The molecule has 13 heavy (non-hydrogen) atoms. The first-order chi connectivity index (χ1) is 3.71. The Morgan fingerprint density at radius 2 is 1.08 bits per heavy atom. The van der Waals surface area contributed by atoms with E-state index in [2.05, 4.69) is 45.4 Å². The van der Waals surface area contributed by atoms with Gasteiger partial charge in [0.2, 0.25) is 0 Å².